The smallest absolute Gasteiger partial charge is 0.303 e. The van der Waals surface area contributed by atoms with Crippen LogP contribution in [-0.4, -0.2) is 17.6 Å². The minimum Gasteiger partial charge on any atom is -0.481 e. The van der Waals surface area contributed by atoms with Crippen LogP contribution in [-0.2, 0) is 4.79 Å². The Morgan fingerprint density at radius 1 is 1.44 bits per heavy atom. The third-order valence-corrected chi connectivity index (χ3v) is 0.890. The van der Waals surface area contributed by atoms with E-state index in [0.717, 1.165) is 0 Å². The minimum absolute atomic E-state index is 0.134. The van der Waals surface area contributed by atoms with E-state index in [4.69, 9.17) is 5.11 Å². The molecule has 52 valence electrons. The third-order valence-electron chi connectivity index (χ3n) is 0.890. The van der Waals surface area contributed by atoms with Crippen LogP contribution < -0.4 is 0 Å². The molecule has 0 aromatic rings. The Balaban J connectivity index is 2.91. The number of carbonyl (C=O) groups is 1. The van der Waals surface area contributed by atoms with E-state index in [0.29, 0.717) is 12.8 Å². The summed E-state index contributed by atoms with van der Waals surface area (Å²) in [5, 5.41) is 10.7. The maximum Gasteiger partial charge on any atom is 0.303 e. The lowest BCUT2D eigenvalue weighted by Gasteiger charge is -1.88. The van der Waals surface area contributed by atoms with E-state index in [1.54, 1.807) is 0 Å². The highest BCUT2D eigenvalue weighted by molar-refractivity contribution is 5.66. The van der Waals surface area contributed by atoms with Gasteiger partial charge in [0.15, 0.2) is 0 Å². The molecule has 0 heterocycles. The van der Waals surface area contributed by atoms with Gasteiger partial charge in [0.25, 0.3) is 0 Å². The Labute approximate surface area is 52.8 Å². The molecule has 4 nitrogen and oxygen atoms in total. The molecule has 0 bridgehead atoms. The van der Waals surface area contributed by atoms with Gasteiger partial charge in [-0.3, -0.25) is 4.79 Å². The summed E-state index contributed by atoms with van der Waals surface area (Å²) < 4.78 is 0. The molecule has 0 saturated heterocycles. The molecular formula is C5H9NO3. The molecule has 0 aromatic heterocycles. The van der Waals surface area contributed by atoms with Crippen molar-refractivity contribution >= 4 is 5.97 Å². The van der Waals surface area contributed by atoms with Crippen molar-refractivity contribution in [3.05, 3.63) is 4.91 Å². The maximum absolute atomic E-state index is 9.85. The third kappa shape index (κ3) is 7.07. The van der Waals surface area contributed by atoms with Crippen LogP contribution in [0.3, 0.4) is 0 Å². The number of unbranched alkanes of at least 4 members (excludes halogenated alkanes) is 1. The normalized spacial score (nSPS) is 8.89. The fourth-order valence-corrected chi connectivity index (χ4v) is 0.453. The first kappa shape index (κ1) is 8.07. The topological polar surface area (TPSA) is 66.7 Å². The predicted octanol–water partition coefficient (Wildman–Crippen LogP) is 1.01. The zero-order valence-electron chi connectivity index (χ0n) is 5.04. The zero-order chi connectivity index (χ0) is 7.11. The molecule has 1 N–H and O–H groups in total. The summed E-state index contributed by atoms with van der Waals surface area (Å²) in [5.74, 6) is -0.819. The SMILES string of the molecule is O=NCCCCC(=O)O. The molecule has 0 spiro atoms. The number of carboxylic acids is 1. The zero-order valence-corrected chi connectivity index (χ0v) is 5.04. The van der Waals surface area contributed by atoms with Crippen molar-refractivity contribution in [2.24, 2.45) is 5.18 Å². The first-order valence-electron chi connectivity index (χ1n) is 2.78. The van der Waals surface area contributed by atoms with Crippen LogP contribution in [0.5, 0.6) is 0 Å². The minimum atomic E-state index is -0.819. The van der Waals surface area contributed by atoms with Gasteiger partial charge in [0.2, 0.25) is 0 Å². The second-order valence-corrected chi connectivity index (χ2v) is 1.70. The molecule has 0 rings (SSSR count). The van der Waals surface area contributed by atoms with Crippen LogP contribution in [0.2, 0.25) is 0 Å². The molecule has 0 amide bonds. The number of nitroso groups, excluding NO2 is 1. The molecule has 0 aliphatic carbocycles. The first-order valence-corrected chi connectivity index (χ1v) is 2.78. The summed E-state index contributed by atoms with van der Waals surface area (Å²) in [5.41, 5.74) is 0. The number of hydrogen-bond donors (Lipinski definition) is 1. The summed E-state index contributed by atoms with van der Waals surface area (Å²) in [7, 11) is 0. The second kappa shape index (κ2) is 5.21. The van der Waals surface area contributed by atoms with Crippen molar-refractivity contribution in [3.8, 4) is 0 Å². The molecule has 9 heavy (non-hydrogen) atoms. The molecule has 0 unspecified atom stereocenters. The first-order chi connectivity index (χ1) is 4.27. The summed E-state index contributed by atoms with van der Waals surface area (Å²) >= 11 is 0. The Morgan fingerprint density at radius 3 is 2.56 bits per heavy atom. The van der Waals surface area contributed by atoms with Gasteiger partial charge in [0, 0.05) is 6.42 Å². The van der Waals surface area contributed by atoms with E-state index in [1.165, 1.54) is 0 Å². The summed E-state index contributed by atoms with van der Waals surface area (Å²) in [6, 6.07) is 0. The lowest BCUT2D eigenvalue weighted by atomic mass is 10.2. The number of carboxylic acid groups (broad SMARTS) is 1. The molecule has 0 atom stereocenters. The average Bonchev–Trinajstić information content (AvgIpc) is 1.80. The highest BCUT2D eigenvalue weighted by Gasteiger charge is 1.94. The van der Waals surface area contributed by atoms with Crippen LogP contribution in [0.25, 0.3) is 0 Å². The van der Waals surface area contributed by atoms with E-state index in [1.807, 2.05) is 0 Å². The Morgan fingerprint density at radius 2 is 2.11 bits per heavy atom. The lowest BCUT2D eigenvalue weighted by molar-refractivity contribution is -0.137. The van der Waals surface area contributed by atoms with E-state index in [9.17, 15) is 9.70 Å². The van der Waals surface area contributed by atoms with Crippen molar-refractivity contribution in [2.45, 2.75) is 19.3 Å². The second-order valence-electron chi connectivity index (χ2n) is 1.70. The van der Waals surface area contributed by atoms with Crippen molar-refractivity contribution in [1.29, 1.82) is 0 Å². The quantitative estimate of drug-likeness (QED) is 0.447. The number of aliphatic carboxylic acids is 1. The van der Waals surface area contributed by atoms with Crippen molar-refractivity contribution in [3.63, 3.8) is 0 Å². The van der Waals surface area contributed by atoms with Gasteiger partial charge in [-0.2, -0.15) is 4.91 Å². The summed E-state index contributed by atoms with van der Waals surface area (Å²) in [4.78, 5) is 19.3. The standard InChI is InChI=1S/C5H9NO3/c7-5(8)3-1-2-4-6-9/h1-4H2,(H,7,8). The van der Waals surface area contributed by atoms with Crippen molar-refractivity contribution in [2.75, 3.05) is 6.54 Å². The Hall–Kier alpha value is -0.930. The molecule has 0 aliphatic heterocycles. The van der Waals surface area contributed by atoms with E-state index >= 15 is 0 Å². The van der Waals surface area contributed by atoms with Crippen LogP contribution in [0.15, 0.2) is 5.18 Å². The molecule has 0 saturated carbocycles. The van der Waals surface area contributed by atoms with Crippen molar-refractivity contribution < 1.29 is 9.90 Å². The molecule has 0 aliphatic rings. The Kier molecular flexibility index (Phi) is 4.67. The highest BCUT2D eigenvalue weighted by Crippen LogP contribution is 1.94. The van der Waals surface area contributed by atoms with Gasteiger partial charge in [-0.25, -0.2) is 0 Å². The van der Waals surface area contributed by atoms with Gasteiger partial charge >= 0.3 is 5.97 Å². The van der Waals surface area contributed by atoms with Gasteiger partial charge in [0.1, 0.15) is 0 Å². The van der Waals surface area contributed by atoms with Gasteiger partial charge in [-0.1, -0.05) is 5.18 Å². The predicted molar refractivity (Wildman–Crippen MR) is 32.1 cm³/mol. The fraction of sp³-hybridized carbons (Fsp3) is 0.800. The number of hydrogen-bond acceptors (Lipinski definition) is 3. The lowest BCUT2D eigenvalue weighted by Crippen LogP contribution is -1.94. The summed E-state index contributed by atoms with van der Waals surface area (Å²) in [6.45, 7) is 0.229. The highest BCUT2D eigenvalue weighted by atomic mass is 16.4. The fourth-order valence-electron chi connectivity index (χ4n) is 0.453. The molecular weight excluding hydrogens is 122 g/mol. The van der Waals surface area contributed by atoms with E-state index in [2.05, 4.69) is 5.18 Å². The van der Waals surface area contributed by atoms with Crippen molar-refractivity contribution in [1.82, 2.24) is 0 Å². The van der Waals surface area contributed by atoms with Crippen LogP contribution in [0, 0.1) is 4.91 Å². The average molecular weight is 131 g/mol. The largest absolute Gasteiger partial charge is 0.481 e. The maximum atomic E-state index is 9.85. The van der Waals surface area contributed by atoms with Gasteiger partial charge < -0.3 is 5.11 Å². The molecule has 4 heteroatoms. The number of rotatable bonds is 5. The number of nitrogens with zero attached hydrogens (tertiary/aromatic N) is 1. The van der Waals surface area contributed by atoms with Crippen LogP contribution in [0.1, 0.15) is 19.3 Å². The molecule has 0 radical (unpaired) electrons. The van der Waals surface area contributed by atoms with E-state index < -0.39 is 5.97 Å². The van der Waals surface area contributed by atoms with Crippen LogP contribution >= 0.6 is 0 Å². The van der Waals surface area contributed by atoms with Gasteiger partial charge in [-0.15, -0.1) is 0 Å². The molecule has 0 fully saturated rings. The van der Waals surface area contributed by atoms with Gasteiger partial charge in [-0.05, 0) is 12.8 Å². The van der Waals surface area contributed by atoms with Gasteiger partial charge in [0.05, 0.1) is 6.54 Å². The summed E-state index contributed by atoms with van der Waals surface area (Å²) in [6.07, 6.45) is 1.26. The van der Waals surface area contributed by atoms with Crippen LogP contribution in [0.4, 0.5) is 0 Å². The molecule has 0 aromatic carbocycles. The monoisotopic (exact) mass is 131 g/mol. The Bertz CT molecular complexity index is 102. The van der Waals surface area contributed by atoms with E-state index in [-0.39, 0.29) is 13.0 Å².